The van der Waals surface area contributed by atoms with Crippen molar-refractivity contribution in [3.8, 4) is 0 Å². The molecule has 7 nitrogen and oxygen atoms in total. The number of ketones is 1. The molecule has 0 fully saturated rings. The van der Waals surface area contributed by atoms with E-state index in [2.05, 4.69) is 11.9 Å². The second-order valence-corrected chi connectivity index (χ2v) is 9.24. The number of nitro groups is 1. The molecule has 7 heteroatoms. The number of unbranched alkanes of at least 4 members (excludes halogenated alkanes) is 2. The first-order valence-corrected chi connectivity index (χ1v) is 10.9. The van der Waals surface area contributed by atoms with Crippen molar-refractivity contribution in [1.29, 1.82) is 0 Å². The van der Waals surface area contributed by atoms with Crippen LogP contribution in [0.4, 0.5) is 5.69 Å². The van der Waals surface area contributed by atoms with E-state index in [0.717, 1.165) is 19.3 Å². The van der Waals surface area contributed by atoms with Crippen LogP contribution in [0.1, 0.15) is 71.3 Å². The van der Waals surface area contributed by atoms with Gasteiger partial charge in [-0.2, -0.15) is 0 Å². The van der Waals surface area contributed by atoms with Gasteiger partial charge in [0, 0.05) is 41.5 Å². The molecule has 0 spiro atoms. The quantitative estimate of drug-likeness (QED) is 0.260. The van der Waals surface area contributed by atoms with E-state index in [-0.39, 0.29) is 16.9 Å². The monoisotopic (exact) mass is 426 g/mol. The number of rotatable bonds is 7. The summed E-state index contributed by atoms with van der Waals surface area (Å²) in [6, 6.07) is 6.20. The molecule has 0 saturated carbocycles. The second kappa shape index (κ2) is 9.12. The van der Waals surface area contributed by atoms with Gasteiger partial charge in [0.2, 0.25) is 0 Å². The molecular weight excluding hydrogens is 396 g/mol. The summed E-state index contributed by atoms with van der Waals surface area (Å²) >= 11 is 0. The molecule has 1 aliphatic heterocycles. The molecule has 0 saturated heterocycles. The third-order valence-corrected chi connectivity index (χ3v) is 5.99. The second-order valence-electron chi connectivity index (χ2n) is 9.24. The van der Waals surface area contributed by atoms with Crippen LogP contribution in [-0.2, 0) is 14.3 Å². The minimum absolute atomic E-state index is 0.0530. The largest absolute Gasteiger partial charge is 0.465 e. The zero-order chi connectivity index (χ0) is 22.8. The van der Waals surface area contributed by atoms with Gasteiger partial charge >= 0.3 is 5.97 Å². The summed E-state index contributed by atoms with van der Waals surface area (Å²) < 4.78 is 5.55. The number of hydrogen-bond donors (Lipinski definition) is 0. The first-order chi connectivity index (χ1) is 14.6. The van der Waals surface area contributed by atoms with Crippen LogP contribution in [0.25, 0.3) is 0 Å². The topological polar surface area (TPSA) is 98.9 Å². The Hall–Kier alpha value is -2.83. The van der Waals surface area contributed by atoms with E-state index in [1.807, 2.05) is 13.8 Å². The Morgan fingerprint density at radius 2 is 2.03 bits per heavy atom. The normalized spacial score (nSPS) is 22.6. The Bertz CT molecular complexity index is 960. The van der Waals surface area contributed by atoms with E-state index in [1.54, 1.807) is 19.1 Å². The van der Waals surface area contributed by atoms with Crippen LogP contribution >= 0.6 is 0 Å². The van der Waals surface area contributed by atoms with Crippen molar-refractivity contribution in [3.63, 3.8) is 0 Å². The Balaban J connectivity index is 2.06. The summed E-state index contributed by atoms with van der Waals surface area (Å²) in [6.07, 6.45) is 3.72. The van der Waals surface area contributed by atoms with Gasteiger partial charge in [-0.1, -0.05) is 45.7 Å². The average Bonchev–Trinajstić information content (AvgIpc) is 2.69. The molecule has 0 radical (unpaired) electrons. The highest BCUT2D eigenvalue weighted by Crippen LogP contribution is 2.48. The van der Waals surface area contributed by atoms with Crippen molar-refractivity contribution in [2.75, 3.05) is 6.61 Å². The van der Waals surface area contributed by atoms with Crippen molar-refractivity contribution in [3.05, 3.63) is 51.2 Å². The van der Waals surface area contributed by atoms with Crippen molar-refractivity contribution < 1.29 is 19.2 Å². The molecule has 1 aliphatic carbocycles. The van der Waals surface area contributed by atoms with Crippen molar-refractivity contribution in [2.45, 2.75) is 65.7 Å². The smallest absolute Gasteiger partial charge is 0.315 e. The number of benzene rings is 1. The van der Waals surface area contributed by atoms with Gasteiger partial charge in [0.25, 0.3) is 5.69 Å². The number of carbonyl (C=O) groups is 2. The maximum atomic E-state index is 13.2. The molecule has 1 unspecified atom stereocenters. The summed E-state index contributed by atoms with van der Waals surface area (Å²) in [7, 11) is 0. The zero-order valence-electron chi connectivity index (χ0n) is 18.6. The van der Waals surface area contributed by atoms with Gasteiger partial charge < -0.3 is 4.74 Å². The molecule has 0 amide bonds. The van der Waals surface area contributed by atoms with Crippen LogP contribution < -0.4 is 0 Å². The molecule has 1 heterocycles. The molecule has 0 aromatic heterocycles. The molecule has 1 aromatic rings. The molecule has 1 aromatic carbocycles. The standard InChI is InChI=1S/C24H30N2O5/c1-5-6-7-11-31-23(28)20-15(2)25-18-13-24(3,4)14-19(27)22(18)21(20)16-9-8-10-17(12-16)26(29)30/h8-10,12,20-21H,5-7,11,13-14H2,1-4H3/t20?,21-/m0/s1. The fraction of sp³-hybridized carbons (Fsp3) is 0.542. The van der Waals surface area contributed by atoms with Crippen LogP contribution in [0.5, 0.6) is 0 Å². The van der Waals surface area contributed by atoms with E-state index < -0.39 is 22.7 Å². The Kier molecular flexibility index (Phi) is 6.72. The minimum Gasteiger partial charge on any atom is -0.465 e. The first-order valence-electron chi connectivity index (χ1n) is 10.9. The number of allylic oxidation sites excluding steroid dienone is 2. The first kappa shape index (κ1) is 22.8. The summed E-state index contributed by atoms with van der Waals surface area (Å²) in [6.45, 7) is 8.21. The summed E-state index contributed by atoms with van der Waals surface area (Å²) in [5, 5.41) is 11.4. The van der Waals surface area contributed by atoms with Gasteiger partial charge in [0.15, 0.2) is 5.78 Å². The molecule has 3 rings (SSSR count). The number of Topliss-reactive ketones (excluding diaryl/α,β-unsaturated/α-hetero) is 1. The number of nitrogens with zero attached hydrogens (tertiary/aromatic N) is 2. The third-order valence-electron chi connectivity index (χ3n) is 5.99. The molecular formula is C24H30N2O5. The average molecular weight is 427 g/mol. The highest BCUT2D eigenvalue weighted by molar-refractivity contribution is 6.09. The maximum absolute atomic E-state index is 13.2. The van der Waals surface area contributed by atoms with Gasteiger partial charge in [0.05, 0.1) is 11.5 Å². The lowest BCUT2D eigenvalue weighted by molar-refractivity contribution is -0.384. The lowest BCUT2D eigenvalue weighted by Crippen LogP contribution is -2.39. The minimum atomic E-state index is -0.771. The van der Waals surface area contributed by atoms with Crippen molar-refractivity contribution in [1.82, 2.24) is 0 Å². The van der Waals surface area contributed by atoms with Crippen molar-refractivity contribution in [2.24, 2.45) is 16.3 Å². The maximum Gasteiger partial charge on any atom is 0.315 e. The van der Waals surface area contributed by atoms with E-state index in [0.29, 0.717) is 42.0 Å². The SMILES string of the molecule is CCCCCOC(=O)C1C(C)=NC2=C(C(=O)CC(C)(C)C2)[C@H]1c1cccc([N+](=O)[O-])c1. The number of aliphatic imine (C=N–C) groups is 1. The molecule has 2 aliphatic rings. The van der Waals surface area contributed by atoms with Crippen LogP contribution in [0.15, 0.2) is 40.5 Å². The predicted molar refractivity (Wildman–Crippen MR) is 118 cm³/mol. The van der Waals surface area contributed by atoms with Gasteiger partial charge in [-0.05, 0) is 30.7 Å². The van der Waals surface area contributed by atoms with Crippen LogP contribution in [-0.4, -0.2) is 29.0 Å². The highest BCUT2D eigenvalue weighted by Gasteiger charge is 2.46. The van der Waals surface area contributed by atoms with Gasteiger partial charge in [-0.15, -0.1) is 0 Å². The lowest BCUT2D eigenvalue weighted by atomic mass is 9.67. The molecule has 0 bridgehead atoms. The third kappa shape index (κ3) is 4.92. The van der Waals surface area contributed by atoms with Gasteiger partial charge in [-0.25, -0.2) is 0 Å². The van der Waals surface area contributed by atoms with E-state index in [9.17, 15) is 19.7 Å². The van der Waals surface area contributed by atoms with Crippen LogP contribution in [0, 0.1) is 21.4 Å². The number of carbonyl (C=O) groups excluding carboxylic acids is 2. The summed E-state index contributed by atoms with van der Waals surface area (Å²) in [4.78, 5) is 41.9. The van der Waals surface area contributed by atoms with Gasteiger partial charge in [0.1, 0.15) is 5.92 Å². The molecule has 2 atom stereocenters. The lowest BCUT2D eigenvalue weighted by Gasteiger charge is -2.38. The fourth-order valence-corrected chi connectivity index (χ4v) is 4.56. The number of ether oxygens (including phenoxy) is 1. The zero-order valence-corrected chi connectivity index (χ0v) is 18.6. The summed E-state index contributed by atoms with van der Waals surface area (Å²) in [5.41, 5.74) is 2.05. The number of nitro benzene ring substituents is 1. The Labute approximate surface area is 182 Å². The van der Waals surface area contributed by atoms with E-state index in [1.165, 1.54) is 12.1 Å². The predicted octanol–water partition coefficient (Wildman–Crippen LogP) is 5.15. The summed E-state index contributed by atoms with van der Waals surface area (Å²) in [5.74, 6) is -1.89. The van der Waals surface area contributed by atoms with E-state index in [4.69, 9.17) is 4.74 Å². The fourth-order valence-electron chi connectivity index (χ4n) is 4.56. The Morgan fingerprint density at radius 1 is 1.29 bits per heavy atom. The number of non-ortho nitro benzene ring substituents is 1. The van der Waals surface area contributed by atoms with E-state index >= 15 is 0 Å². The molecule has 166 valence electrons. The Morgan fingerprint density at radius 3 is 2.71 bits per heavy atom. The van der Waals surface area contributed by atoms with Crippen LogP contribution in [0.2, 0.25) is 0 Å². The van der Waals surface area contributed by atoms with Gasteiger partial charge in [-0.3, -0.25) is 24.7 Å². The van der Waals surface area contributed by atoms with Crippen LogP contribution in [0.3, 0.4) is 0 Å². The molecule has 0 N–H and O–H groups in total. The number of hydrogen-bond acceptors (Lipinski definition) is 6. The number of esters is 1. The van der Waals surface area contributed by atoms with Crippen molar-refractivity contribution >= 4 is 23.2 Å². The highest BCUT2D eigenvalue weighted by atomic mass is 16.6. The molecule has 31 heavy (non-hydrogen) atoms.